The van der Waals surface area contributed by atoms with Crippen molar-refractivity contribution in [3.05, 3.63) is 29.8 Å². The van der Waals surface area contributed by atoms with E-state index >= 15 is 0 Å². The minimum absolute atomic E-state index is 0.0280. The minimum Gasteiger partial charge on any atom is -0.339 e. The van der Waals surface area contributed by atoms with E-state index in [1.165, 1.54) is 18.4 Å². The number of anilines is 1. The van der Waals surface area contributed by atoms with Crippen LogP contribution in [0.5, 0.6) is 0 Å². The fourth-order valence-electron chi connectivity index (χ4n) is 3.70. The molecule has 2 aliphatic rings. The van der Waals surface area contributed by atoms with Crippen LogP contribution in [0.4, 0.5) is 5.69 Å². The molecule has 1 aromatic carbocycles. The molecule has 4 heteroatoms. The molecule has 2 amide bonds. The maximum Gasteiger partial charge on any atom is 0.229 e. The van der Waals surface area contributed by atoms with E-state index < -0.39 is 0 Å². The summed E-state index contributed by atoms with van der Waals surface area (Å²) >= 11 is 0. The highest BCUT2D eigenvalue weighted by Crippen LogP contribution is 2.30. The average Bonchev–Trinajstić information content (AvgIpc) is 3.16. The Hall–Kier alpha value is -1.84. The van der Waals surface area contributed by atoms with Crippen molar-refractivity contribution < 1.29 is 9.59 Å². The van der Waals surface area contributed by atoms with Gasteiger partial charge in [0, 0.05) is 24.7 Å². The molecule has 0 radical (unpaired) electrons. The van der Waals surface area contributed by atoms with E-state index in [9.17, 15) is 9.59 Å². The average molecular weight is 314 g/mol. The van der Waals surface area contributed by atoms with Gasteiger partial charge in [-0.05, 0) is 36.5 Å². The third-order valence-corrected chi connectivity index (χ3v) is 5.12. The Kier molecular flexibility index (Phi) is 4.69. The van der Waals surface area contributed by atoms with Crippen molar-refractivity contribution in [2.24, 2.45) is 5.92 Å². The summed E-state index contributed by atoms with van der Waals surface area (Å²) in [7, 11) is 0. The number of rotatable bonds is 4. The van der Waals surface area contributed by atoms with E-state index in [0.29, 0.717) is 24.9 Å². The molecular formula is C19H26N2O2. The molecule has 1 saturated heterocycles. The predicted molar refractivity (Wildman–Crippen MR) is 91.2 cm³/mol. The summed E-state index contributed by atoms with van der Waals surface area (Å²) in [4.78, 5) is 26.7. The highest BCUT2D eigenvalue weighted by molar-refractivity contribution is 5.97. The monoisotopic (exact) mass is 314 g/mol. The maximum atomic E-state index is 12.5. The Morgan fingerprint density at radius 1 is 1.26 bits per heavy atom. The SMILES string of the molecule is CC(C)c1cccc(NC(=O)C2CC(=O)N(C3CCCC3)C2)c1. The highest BCUT2D eigenvalue weighted by atomic mass is 16.2. The van der Waals surface area contributed by atoms with Crippen molar-refractivity contribution in [1.82, 2.24) is 4.90 Å². The molecule has 0 bridgehead atoms. The number of benzene rings is 1. The Labute approximate surface area is 138 Å². The van der Waals surface area contributed by atoms with Crippen molar-refractivity contribution >= 4 is 17.5 Å². The van der Waals surface area contributed by atoms with Gasteiger partial charge >= 0.3 is 0 Å². The first kappa shape index (κ1) is 16.0. The molecule has 1 atom stereocenters. The first-order valence-electron chi connectivity index (χ1n) is 8.75. The highest BCUT2D eigenvalue weighted by Gasteiger charge is 2.38. The zero-order valence-electron chi connectivity index (χ0n) is 14.0. The second kappa shape index (κ2) is 6.73. The van der Waals surface area contributed by atoms with E-state index in [-0.39, 0.29) is 17.7 Å². The number of carbonyl (C=O) groups is 2. The molecule has 1 aromatic rings. The molecule has 2 fully saturated rings. The van der Waals surface area contributed by atoms with Gasteiger partial charge in [-0.3, -0.25) is 9.59 Å². The van der Waals surface area contributed by atoms with Gasteiger partial charge in [-0.25, -0.2) is 0 Å². The zero-order chi connectivity index (χ0) is 16.4. The van der Waals surface area contributed by atoms with Crippen LogP contribution in [-0.2, 0) is 9.59 Å². The zero-order valence-corrected chi connectivity index (χ0v) is 14.0. The molecule has 23 heavy (non-hydrogen) atoms. The largest absolute Gasteiger partial charge is 0.339 e. The number of nitrogens with one attached hydrogen (secondary N) is 1. The fourth-order valence-corrected chi connectivity index (χ4v) is 3.70. The van der Waals surface area contributed by atoms with E-state index in [0.717, 1.165) is 18.5 Å². The summed E-state index contributed by atoms with van der Waals surface area (Å²) in [6, 6.07) is 8.34. The van der Waals surface area contributed by atoms with Crippen LogP contribution in [0.15, 0.2) is 24.3 Å². The lowest BCUT2D eigenvalue weighted by Gasteiger charge is -2.23. The number of carbonyl (C=O) groups excluding carboxylic acids is 2. The summed E-state index contributed by atoms with van der Waals surface area (Å²) in [5.41, 5.74) is 2.03. The smallest absolute Gasteiger partial charge is 0.229 e. The van der Waals surface area contributed by atoms with Gasteiger partial charge in [-0.15, -0.1) is 0 Å². The molecule has 0 spiro atoms. The Morgan fingerprint density at radius 2 is 2.00 bits per heavy atom. The summed E-state index contributed by atoms with van der Waals surface area (Å²) in [5.74, 6) is 0.330. The molecule has 0 aromatic heterocycles. The molecule has 1 heterocycles. The molecule has 1 aliphatic heterocycles. The van der Waals surface area contributed by atoms with Crippen LogP contribution < -0.4 is 5.32 Å². The maximum absolute atomic E-state index is 12.5. The van der Waals surface area contributed by atoms with Crippen LogP contribution >= 0.6 is 0 Å². The van der Waals surface area contributed by atoms with Crippen molar-refractivity contribution in [1.29, 1.82) is 0 Å². The number of amides is 2. The van der Waals surface area contributed by atoms with Crippen LogP contribution in [0.1, 0.15) is 57.4 Å². The molecule has 1 N–H and O–H groups in total. The first-order valence-corrected chi connectivity index (χ1v) is 8.75. The fraction of sp³-hybridized carbons (Fsp3) is 0.579. The van der Waals surface area contributed by atoms with E-state index in [1.54, 1.807) is 0 Å². The van der Waals surface area contributed by atoms with Crippen LogP contribution in [-0.4, -0.2) is 29.3 Å². The van der Waals surface area contributed by atoms with Crippen molar-refractivity contribution in [2.45, 2.75) is 57.9 Å². The van der Waals surface area contributed by atoms with Crippen LogP contribution in [0.25, 0.3) is 0 Å². The summed E-state index contributed by atoms with van der Waals surface area (Å²) < 4.78 is 0. The van der Waals surface area contributed by atoms with E-state index in [1.807, 2.05) is 23.1 Å². The molecule has 124 valence electrons. The molecule has 1 aliphatic carbocycles. The van der Waals surface area contributed by atoms with Gasteiger partial charge in [0.05, 0.1) is 5.92 Å². The van der Waals surface area contributed by atoms with Gasteiger partial charge in [-0.2, -0.15) is 0 Å². The van der Waals surface area contributed by atoms with Crippen molar-refractivity contribution in [3.63, 3.8) is 0 Å². The topological polar surface area (TPSA) is 49.4 Å². The molecule has 4 nitrogen and oxygen atoms in total. The number of likely N-dealkylation sites (tertiary alicyclic amines) is 1. The van der Waals surface area contributed by atoms with Gasteiger partial charge in [0.2, 0.25) is 11.8 Å². The Morgan fingerprint density at radius 3 is 2.70 bits per heavy atom. The summed E-state index contributed by atoms with van der Waals surface area (Å²) in [6.07, 6.45) is 4.94. The third-order valence-electron chi connectivity index (χ3n) is 5.12. The van der Waals surface area contributed by atoms with E-state index in [4.69, 9.17) is 0 Å². The van der Waals surface area contributed by atoms with Gasteiger partial charge < -0.3 is 10.2 Å². The predicted octanol–water partition coefficient (Wildman–Crippen LogP) is 3.54. The standard InChI is InChI=1S/C19H26N2O2/c1-13(2)14-6-5-7-16(10-14)20-19(23)15-11-18(22)21(12-15)17-8-3-4-9-17/h5-7,10,13,15,17H,3-4,8-9,11-12H2,1-2H3,(H,20,23). The molecular weight excluding hydrogens is 288 g/mol. The number of hydrogen-bond donors (Lipinski definition) is 1. The molecule has 1 unspecified atom stereocenters. The minimum atomic E-state index is -0.217. The Bertz CT molecular complexity index is 591. The lowest BCUT2D eigenvalue weighted by Crippen LogP contribution is -2.35. The van der Waals surface area contributed by atoms with Gasteiger partial charge in [0.25, 0.3) is 0 Å². The van der Waals surface area contributed by atoms with Crippen LogP contribution in [0.2, 0.25) is 0 Å². The third kappa shape index (κ3) is 3.57. The second-order valence-electron chi connectivity index (χ2n) is 7.15. The van der Waals surface area contributed by atoms with Crippen LogP contribution in [0, 0.1) is 5.92 Å². The van der Waals surface area contributed by atoms with Gasteiger partial charge in [0.1, 0.15) is 0 Å². The lowest BCUT2D eigenvalue weighted by atomic mass is 10.0. The second-order valence-corrected chi connectivity index (χ2v) is 7.15. The van der Waals surface area contributed by atoms with E-state index in [2.05, 4.69) is 25.2 Å². The normalized spacial score (nSPS) is 22.1. The van der Waals surface area contributed by atoms with Crippen molar-refractivity contribution in [2.75, 3.05) is 11.9 Å². The summed E-state index contributed by atoms with van der Waals surface area (Å²) in [6.45, 7) is 4.85. The first-order chi connectivity index (χ1) is 11.0. The summed E-state index contributed by atoms with van der Waals surface area (Å²) in [5, 5.41) is 2.99. The molecule has 1 saturated carbocycles. The quantitative estimate of drug-likeness (QED) is 0.924. The van der Waals surface area contributed by atoms with Crippen molar-refractivity contribution in [3.8, 4) is 0 Å². The Balaban J connectivity index is 1.62. The van der Waals surface area contributed by atoms with Crippen LogP contribution in [0.3, 0.4) is 0 Å². The lowest BCUT2D eigenvalue weighted by molar-refractivity contribution is -0.129. The molecule has 3 rings (SSSR count). The van der Waals surface area contributed by atoms with Gasteiger partial charge in [-0.1, -0.05) is 38.8 Å². The van der Waals surface area contributed by atoms with Gasteiger partial charge in [0.15, 0.2) is 0 Å². The number of nitrogens with zero attached hydrogens (tertiary/aromatic N) is 1. The number of hydrogen-bond acceptors (Lipinski definition) is 2.